The van der Waals surface area contributed by atoms with Crippen LogP contribution in [0.1, 0.15) is 51.9 Å². The second-order valence-corrected chi connectivity index (χ2v) is 4.39. The molecule has 0 bridgehead atoms. The Bertz CT molecular complexity index is 189. The quantitative estimate of drug-likeness (QED) is 0.299. The molecule has 0 aromatic carbocycles. The molecule has 0 aliphatic carbocycles. The van der Waals surface area contributed by atoms with Gasteiger partial charge in [-0.25, -0.2) is 0 Å². The lowest BCUT2D eigenvalue weighted by molar-refractivity contribution is -0.138. The van der Waals surface area contributed by atoms with Crippen LogP contribution < -0.4 is 22.9 Å². The van der Waals surface area contributed by atoms with Gasteiger partial charge >= 0.3 is 5.97 Å². The molecule has 0 aromatic heterocycles. The molecule has 0 aliphatic rings. The fourth-order valence-electron chi connectivity index (χ4n) is 1.26. The molecule has 1 unspecified atom stereocenters. The summed E-state index contributed by atoms with van der Waals surface area (Å²) in [5.41, 5.74) is 21.0. The summed E-state index contributed by atoms with van der Waals surface area (Å²) in [6, 6.07) is -0.716. The minimum absolute atomic E-state index is 0.0958. The predicted octanol–water partition coefficient (Wildman–Crippen LogP) is 0.338. The second kappa shape index (κ2) is 14.4. The summed E-state index contributed by atoms with van der Waals surface area (Å²) in [4.78, 5) is 10.1. The molecule has 9 N–H and O–H groups in total. The van der Waals surface area contributed by atoms with Gasteiger partial charge in [0.05, 0.1) is 6.17 Å². The molecule has 0 heterocycles. The highest BCUT2D eigenvalue weighted by atomic mass is 16.4. The van der Waals surface area contributed by atoms with Crippen molar-refractivity contribution in [2.45, 2.75) is 64.1 Å². The Hall–Kier alpha value is -0.690. The number of hydrogen-bond acceptors (Lipinski definition) is 5. The van der Waals surface area contributed by atoms with Crippen molar-refractivity contribution in [2.24, 2.45) is 22.9 Å². The van der Waals surface area contributed by atoms with Gasteiger partial charge in [-0.05, 0) is 25.8 Å². The molecule has 0 rings (SSSR count). The molecular formula is C12H30N4O2. The Labute approximate surface area is 110 Å². The van der Waals surface area contributed by atoms with Crippen molar-refractivity contribution in [3.63, 3.8) is 0 Å². The first kappa shape index (κ1) is 19.6. The molecule has 0 radical (unpaired) electrons. The van der Waals surface area contributed by atoms with E-state index in [9.17, 15) is 4.79 Å². The third-order valence-electron chi connectivity index (χ3n) is 2.43. The second-order valence-electron chi connectivity index (χ2n) is 4.39. The average Bonchev–Trinajstić information content (AvgIpc) is 2.30. The molecule has 0 saturated carbocycles. The topological polar surface area (TPSA) is 141 Å². The van der Waals surface area contributed by atoms with Crippen molar-refractivity contribution in [3.05, 3.63) is 0 Å². The van der Waals surface area contributed by atoms with Crippen molar-refractivity contribution in [1.82, 2.24) is 0 Å². The van der Waals surface area contributed by atoms with Crippen LogP contribution in [0.25, 0.3) is 0 Å². The Kier molecular flexibility index (Phi) is 15.7. The van der Waals surface area contributed by atoms with E-state index < -0.39 is 12.0 Å². The molecule has 110 valence electrons. The van der Waals surface area contributed by atoms with Gasteiger partial charge in [-0.15, -0.1) is 0 Å². The SMILES string of the molecule is CCCCCC(N)N.NCCCCC(N)C(=O)O. The Morgan fingerprint density at radius 3 is 2.00 bits per heavy atom. The molecule has 0 amide bonds. The van der Waals surface area contributed by atoms with Crippen molar-refractivity contribution in [3.8, 4) is 0 Å². The molecule has 6 nitrogen and oxygen atoms in total. The van der Waals surface area contributed by atoms with E-state index in [-0.39, 0.29) is 6.17 Å². The smallest absolute Gasteiger partial charge is 0.320 e. The van der Waals surface area contributed by atoms with E-state index in [1.807, 2.05) is 0 Å². The lowest BCUT2D eigenvalue weighted by Crippen LogP contribution is -2.29. The predicted molar refractivity (Wildman–Crippen MR) is 74.8 cm³/mol. The number of rotatable bonds is 9. The first-order valence-corrected chi connectivity index (χ1v) is 6.65. The van der Waals surface area contributed by atoms with Crippen molar-refractivity contribution in [2.75, 3.05) is 6.54 Å². The Balaban J connectivity index is 0. The lowest BCUT2D eigenvalue weighted by atomic mass is 10.1. The van der Waals surface area contributed by atoms with Crippen LogP contribution >= 0.6 is 0 Å². The van der Waals surface area contributed by atoms with Crippen LogP contribution in [0.5, 0.6) is 0 Å². The molecule has 18 heavy (non-hydrogen) atoms. The van der Waals surface area contributed by atoms with E-state index >= 15 is 0 Å². The van der Waals surface area contributed by atoms with Gasteiger partial charge in [-0.1, -0.05) is 32.6 Å². The number of carbonyl (C=O) groups is 1. The van der Waals surface area contributed by atoms with Crippen LogP contribution in [0, 0.1) is 0 Å². The van der Waals surface area contributed by atoms with E-state index in [1.54, 1.807) is 0 Å². The van der Waals surface area contributed by atoms with Gasteiger partial charge in [0.15, 0.2) is 0 Å². The normalized spacial score (nSPS) is 11.9. The van der Waals surface area contributed by atoms with E-state index in [4.69, 9.17) is 28.0 Å². The van der Waals surface area contributed by atoms with E-state index in [2.05, 4.69) is 6.92 Å². The molecule has 1 atom stereocenters. The van der Waals surface area contributed by atoms with Crippen LogP contribution in [0.3, 0.4) is 0 Å². The summed E-state index contributed by atoms with van der Waals surface area (Å²) in [6.07, 6.45) is 6.71. The number of carboxylic acids is 1. The Morgan fingerprint density at radius 1 is 1.06 bits per heavy atom. The van der Waals surface area contributed by atoms with Gasteiger partial charge in [0.2, 0.25) is 0 Å². The molecule has 0 aliphatic heterocycles. The first-order valence-electron chi connectivity index (χ1n) is 6.65. The maximum Gasteiger partial charge on any atom is 0.320 e. The van der Waals surface area contributed by atoms with Gasteiger partial charge in [-0.3, -0.25) is 4.79 Å². The summed E-state index contributed by atoms with van der Waals surface area (Å²) in [6.45, 7) is 2.77. The summed E-state index contributed by atoms with van der Waals surface area (Å²) in [5, 5.41) is 8.33. The highest BCUT2D eigenvalue weighted by molar-refractivity contribution is 5.72. The minimum atomic E-state index is -0.933. The van der Waals surface area contributed by atoms with E-state index in [1.165, 1.54) is 19.3 Å². The van der Waals surface area contributed by atoms with Gasteiger partial charge in [-0.2, -0.15) is 0 Å². The molecule has 0 aromatic rings. The molecule has 0 fully saturated rings. The fourth-order valence-corrected chi connectivity index (χ4v) is 1.26. The van der Waals surface area contributed by atoms with Crippen LogP contribution in [0.4, 0.5) is 0 Å². The first-order chi connectivity index (χ1) is 8.45. The Morgan fingerprint density at radius 2 is 1.61 bits per heavy atom. The van der Waals surface area contributed by atoms with Crippen LogP contribution in [-0.4, -0.2) is 29.8 Å². The van der Waals surface area contributed by atoms with Gasteiger partial charge < -0.3 is 28.0 Å². The molecule has 0 saturated heterocycles. The minimum Gasteiger partial charge on any atom is -0.480 e. The summed E-state index contributed by atoms with van der Waals surface area (Å²) in [5.74, 6) is -0.933. The lowest BCUT2D eigenvalue weighted by Gasteiger charge is -2.03. The van der Waals surface area contributed by atoms with Gasteiger partial charge in [0.25, 0.3) is 0 Å². The zero-order valence-corrected chi connectivity index (χ0v) is 11.5. The van der Waals surface area contributed by atoms with E-state index in [0.717, 1.165) is 19.3 Å². The standard InChI is InChI=1S/C6H14N2O2.C6H16N2/c7-4-2-1-3-5(8)6(9)10;1-2-3-4-5-6(7)8/h5H,1-4,7-8H2,(H,9,10);6H,2-5,7-8H2,1H3. The van der Waals surface area contributed by atoms with E-state index in [0.29, 0.717) is 13.0 Å². The van der Waals surface area contributed by atoms with Gasteiger partial charge in [0, 0.05) is 0 Å². The third-order valence-corrected chi connectivity index (χ3v) is 2.43. The number of hydrogen-bond donors (Lipinski definition) is 5. The van der Waals surface area contributed by atoms with Crippen molar-refractivity contribution >= 4 is 5.97 Å². The monoisotopic (exact) mass is 262 g/mol. The summed E-state index contributed by atoms with van der Waals surface area (Å²) < 4.78 is 0. The maximum atomic E-state index is 10.1. The number of carboxylic acid groups (broad SMARTS) is 1. The molecular weight excluding hydrogens is 232 g/mol. The summed E-state index contributed by atoms with van der Waals surface area (Å²) in [7, 11) is 0. The third kappa shape index (κ3) is 17.7. The summed E-state index contributed by atoms with van der Waals surface area (Å²) >= 11 is 0. The highest BCUT2D eigenvalue weighted by Crippen LogP contribution is 1.98. The van der Waals surface area contributed by atoms with Gasteiger partial charge in [0.1, 0.15) is 6.04 Å². The van der Waals surface area contributed by atoms with Crippen molar-refractivity contribution in [1.29, 1.82) is 0 Å². The highest BCUT2D eigenvalue weighted by Gasteiger charge is 2.09. The maximum absolute atomic E-state index is 10.1. The number of unbranched alkanes of at least 4 members (excludes halogenated alkanes) is 3. The fraction of sp³-hybridized carbons (Fsp3) is 0.917. The zero-order valence-electron chi connectivity index (χ0n) is 11.5. The zero-order chi connectivity index (χ0) is 14.4. The van der Waals surface area contributed by atoms with Crippen molar-refractivity contribution < 1.29 is 9.90 Å². The van der Waals surface area contributed by atoms with Crippen LogP contribution in [0.2, 0.25) is 0 Å². The number of aliphatic carboxylic acids is 1. The van der Waals surface area contributed by atoms with Crippen LogP contribution in [-0.2, 0) is 4.79 Å². The molecule has 0 spiro atoms. The van der Waals surface area contributed by atoms with Crippen LogP contribution in [0.15, 0.2) is 0 Å². The average molecular weight is 262 g/mol. The number of nitrogens with two attached hydrogens (primary N) is 4. The largest absolute Gasteiger partial charge is 0.480 e. The molecule has 6 heteroatoms.